The van der Waals surface area contributed by atoms with Crippen LogP contribution in [0.2, 0.25) is 0 Å². The SMILES string of the molecule is CCc1nn(-c2ccccc2)nc1/C(C#N)=C(/OC(=O)C(C)(C)C)c1c(C)c(C)nn1C. The van der Waals surface area contributed by atoms with Crippen molar-refractivity contribution < 1.29 is 9.53 Å². The lowest BCUT2D eigenvalue weighted by atomic mass is 9.97. The molecule has 8 heteroatoms. The molecule has 0 fully saturated rings. The van der Waals surface area contributed by atoms with Crippen molar-refractivity contribution in [2.45, 2.75) is 48.0 Å². The van der Waals surface area contributed by atoms with Gasteiger partial charge in [-0.15, -0.1) is 5.10 Å². The van der Waals surface area contributed by atoms with Gasteiger partial charge in [-0.2, -0.15) is 20.3 Å². The molecule has 1 aromatic carbocycles. The van der Waals surface area contributed by atoms with E-state index in [1.165, 1.54) is 4.80 Å². The van der Waals surface area contributed by atoms with Crippen molar-refractivity contribution in [1.29, 1.82) is 5.26 Å². The number of nitrogens with zero attached hydrogens (tertiary/aromatic N) is 6. The fourth-order valence-electron chi connectivity index (χ4n) is 3.20. The van der Waals surface area contributed by atoms with Crippen LogP contribution < -0.4 is 0 Å². The van der Waals surface area contributed by atoms with E-state index < -0.39 is 11.4 Å². The van der Waals surface area contributed by atoms with Crippen LogP contribution in [0.15, 0.2) is 30.3 Å². The minimum Gasteiger partial charge on any atom is -0.422 e. The molecule has 0 N–H and O–H groups in total. The summed E-state index contributed by atoms with van der Waals surface area (Å²) in [7, 11) is 1.76. The van der Waals surface area contributed by atoms with Crippen molar-refractivity contribution in [3.8, 4) is 11.8 Å². The quantitative estimate of drug-likeness (QED) is 0.341. The molecule has 0 amide bonds. The van der Waals surface area contributed by atoms with Crippen molar-refractivity contribution in [2.75, 3.05) is 0 Å². The number of nitriles is 1. The molecule has 3 aromatic rings. The van der Waals surface area contributed by atoms with E-state index in [9.17, 15) is 10.1 Å². The first kappa shape index (κ1) is 22.9. The molecule has 0 saturated heterocycles. The summed E-state index contributed by atoms with van der Waals surface area (Å²) in [5.74, 6) is -0.310. The third-order valence-electron chi connectivity index (χ3n) is 5.12. The van der Waals surface area contributed by atoms with Crippen molar-refractivity contribution >= 4 is 17.3 Å². The maximum absolute atomic E-state index is 12.9. The Balaban J connectivity index is 2.30. The zero-order valence-corrected chi connectivity index (χ0v) is 19.6. The summed E-state index contributed by atoms with van der Waals surface area (Å²) in [5, 5.41) is 23.8. The average molecular weight is 433 g/mol. The van der Waals surface area contributed by atoms with Crippen LogP contribution in [-0.2, 0) is 23.0 Å². The molecule has 3 rings (SSSR count). The van der Waals surface area contributed by atoms with Gasteiger partial charge >= 0.3 is 5.97 Å². The van der Waals surface area contributed by atoms with Crippen LogP contribution in [0.1, 0.15) is 56.0 Å². The van der Waals surface area contributed by atoms with Gasteiger partial charge in [0.1, 0.15) is 23.0 Å². The number of ether oxygens (including phenoxy) is 1. The standard InChI is InChI=1S/C24H28N6O2/c1-8-19-20(28-30(27-19)17-12-10-9-11-13-17)18(14-25)22(32-23(31)24(4,5)6)21-15(2)16(3)26-29(21)7/h9-13H,8H2,1-7H3/b22-18+. The van der Waals surface area contributed by atoms with Gasteiger partial charge in [0, 0.05) is 12.6 Å². The van der Waals surface area contributed by atoms with Gasteiger partial charge in [-0.25, -0.2) is 0 Å². The lowest BCUT2D eigenvalue weighted by Gasteiger charge is -2.19. The summed E-state index contributed by atoms with van der Waals surface area (Å²) in [6.45, 7) is 11.0. The average Bonchev–Trinajstić information content (AvgIpc) is 3.28. The number of rotatable bonds is 5. The van der Waals surface area contributed by atoms with Gasteiger partial charge in [-0.1, -0.05) is 25.1 Å². The van der Waals surface area contributed by atoms with E-state index >= 15 is 0 Å². The van der Waals surface area contributed by atoms with E-state index in [-0.39, 0.29) is 11.3 Å². The molecule has 0 radical (unpaired) electrons. The Morgan fingerprint density at radius 2 is 1.78 bits per heavy atom. The first-order chi connectivity index (χ1) is 15.1. The maximum atomic E-state index is 12.9. The molecule has 2 heterocycles. The molecule has 2 aromatic heterocycles. The maximum Gasteiger partial charge on any atom is 0.316 e. The molecule has 166 valence electrons. The summed E-state index contributed by atoms with van der Waals surface area (Å²) in [5.41, 5.74) is 3.34. The summed E-state index contributed by atoms with van der Waals surface area (Å²) < 4.78 is 7.50. The monoisotopic (exact) mass is 432 g/mol. The Kier molecular flexibility index (Phi) is 6.30. The van der Waals surface area contributed by atoms with E-state index in [1.807, 2.05) is 51.1 Å². The summed E-state index contributed by atoms with van der Waals surface area (Å²) in [6.07, 6.45) is 0.553. The van der Waals surface area contributed by atoms with E-state index in [4.69, 9.17) is 4.74 Å². The minimum absolute atomic E-state index is 0.142. The Morgan fingerprint density at radius 3 is 2.28 bits per heavy atom. The summed E-state index contributed by atoms with van der Waals surface area (Å²) >= 11 is 0. The molecule has 32 heavy (non-hydrogen) atoms. The van der Waals surface area contributed by atoms with Crippen LogP contribution in [-0.4, -0.2) is 30.7 Å². The van der Waals surface area contributed by atoms with Gasteiger partial charge in [-0.3, -0.25) is 9.48 Å². The molecule has 0 aliphatic heterocycles. The summed E-state index contributed by atoms with van der Waals surface area (Å²) in [6, 6.07) is 11.7. The second-order valence-electron chi connectivity index (χ2n) is 8.61. The highest BCUT2D eigenvalue weighted by Gasteiger charge is 2.31. The van der Waals surface area contributed by atoms with Crippen LogP contribution in [0.5, 0.6) is 0 Å². The molecule has 0 aliphatic rings. The van der Waals surface area contributed by atoms with E-state index in [1.54, 1.807) is 32.5 Å². The fourth-order valence-corrected chi connectivity index (χ4v) is 3.20. The fraction of sp³-hybridized carbons (Fsp3) is 0.375. The van der Waals surface area contributed by atoms with Gasteiger partial charge in [0.2, 0.25) is 0 Å². The second-order valence-corrected chi connectivity index (χ2v) is 8.61. The molecule has 0 atom stereocenters. The molecular formula is C24H28N6O2. The lowest BCUT2D eigenvalue weighted by Crippen LogP contribution is -2.23. The number of benzene rings is 1. The van der Waals surface area contributed by atoms with Gasteiger partial charge < -0.3 is 4.74 Å². The first-order valence-corrected chi connectivity index (χ1v) is 10.5. The number of hydrogen-bond acceptors (Lipinski definition) is 6. The molecule has 0 aliphatic carbocycles. The van der Waals surface area contributed by atoms with Crippen molar-refractivity contribution in [2.24, 2.45) is 12.5 Å². The Labute approximate surface area is 188 Å². The predicted octanol–water partition coefficient (Wildman–Crippen LogP) is 4.16. The van der Waals surface area contributed by atoms with Crippen LogP contribution >= 0.6 is 0 Å². The number of hydrogen-bond donors (Lipinski definition) is 0. The van der Waals surface area contributed by atoms with E-state index in [0.717, 1.165) is 16.9 Å². The predicted molar refractivity (Wildman–Crippen MR) is 121 cm³/mol. The third kappa shape index (κ3) is 4.33. The van der Waals surface area contributed by atoms with Crippen LogP contribution in [0.4, 0.5) is 0 Å². The van der Waals surface area contributed by atoms with Crippen molar-refractivity contribution in [3.63, 3.8) is 0 Å². The highest BCUT2D eigenvalue weighted by Crippen LogP contribution is 2.33. The highest BCUT2D eigenvalue weighted by molar-refractivity contribution is 5.97. The van der Waals surface area contributed by atoms with Gasteiger partial charge in [-0.05, 0) is 53.2 Å². The zero-order valence-electron chi connectivity index (χ0n) is 19.6. The molecule has 0 bridgehead atoms. The minimum atomic E-state index is -0.761. The van der Waals surface area contributed by atoms with Gasteiger partial charge in [0.25, 0.3) is 0 Å². The lowest BCUT2D eigenvalue weighted by molar-refractivity contribution is -0.145. The smallest absolute Gasteiger partial charge is 0.316 e. The van der Waals surface area contributed by atoms with E-state index in [0.29, 0.717) is 23.5 Å². The number of esters is 1. The molecule has 0 spiro atoms. The number of aromatic nitrogens is 5. The number of aryl methyl sites for hydroxylation is 3. The largest absolute Gasteiger partial charge is 0.422 e. The van der Waals surface area contributed by atoms with Crippen LogP contribution in [0, 0.1) is 30.6 Å². The Hall–Kier alpha value is -3.73. The molecular weight excluding hydrogens is 404 g/mol. The van der Waals surface area contributed by atoms with E-state index in [2.05, 4.69) is 21.4 Å². The topological polar surface area (TPSA) is 98.6 Å². The van der Waals surface area contributed by atoms with Gasteiger partial charge in [0.05, 0.1) is 22.5 Å². The highest BCUT2D eigenvalue weighted by atomic mass is 16.5. The van der Waals surface area contributed by atoms with Crippen molar-refractivity contribution in [1.82, 2.24) is 24.8 Å². The third-order valence-corrected chi connectivity index (χ3v) is 5.12. The zero-order chi connectivity index (χ0) is 23.6. The van der Waals surface area contributed by atoms with Gasteiger partial charge in [0.15, 0.2) is 5.76 Å². The molecule has 0 unspecified atom stereocenters. The summed E-state index contributed by atoms with van der Waals surface area (Å²) in [4.78, 5) is 14.4. The van der Waals surface area contributed by atoms with Crippen molar-refractivity contribution in [3.05, 3.63) is 58.7 Å². The molecule has 0 saturated carbocycles. The number of para-hydroxylation sites is 1. The first-order valence-electron chi connectivity index (χ1n) is 10.5. The number of carbonyl (C=O) groups excluding carboxylic acids is 1. The number of allylic oxidation sites excluding steroid dienone is 1. The second kappa shape index (κ2) is 8.79. The Morgan fingerprint density at radius 1 is 1.12 bits per heavy atom. The van der Waals surface area contributed by atoms with Crippen LogP contribution in [0.3, 0.4) is 0 Å². The number of carbonyl (C=O) groups is 1. The Bertz CT molecular complexity index is 1220. The molecule has 8 nitrogen and oxygen atoms in total. The normalized spacial score (nSPS) is 12.3. The van der Waals surface area contributed by atoms with Crippen LogP contribution in [0.25, 0.3) is 17.0 Å².